The Kier molecular flexibility index (Phi) is 10.9. The molecule has 1 aliphatic rings. The second-order valence-corrected chi connectivity index (χ2v) is 11.5. The van der Waals surface area contributed by atoms with Gasteiger partial charge < -0.3 is 24.7 Å². The molecule has 0 spiro atoms. The fourth-order valence-corrected chi connectivity index (χ4v) is 5.79. The smallest absolute Gasteiger partial charge is 0.352 e. The molecule has 44 heavy (non-hydrogen) atoms. The molecule has 1 aliphatic carbocycles. The molecule has 1 aromatic heterocycles. The number of imidazole rings is 1. The number of fused-ring (bicyclic) bond motifs is 1. The zero-order valence-corrected chi connectivity index (χ0v) is 25.9. The summed E-state index contributed by atoms with van der Waals surface area (Å²) in [4.78, 5) is 30.2. The van der Waals surface area contributed by atoms with Crippen LogP contribution in [0.3, 0.4) is 0 Å². The lowest BCUT2D eigenvalue weighted by Gasteiger charge is -2.22. The number of nitrogens with one attached hydrogen (secondary N) is 2. The van der Waals surface area contributed by atoms with Gasteiger partial charge in [-0.3, -0.25) is 4.79 Å². The Bertz CT molecular complexity index is 1510. The highest BCUT2D eigenvalue weighted by atomic mass is 16.6. The van der Waals surface area contributed by atoms with Gasteiger partial charge in [-0.05, 0) is 62.1 Å². The number of aromatic nitrogens is 2. The van der Waals surface area contributed by atoms with Crippen LogP contribution in [0.2, 0.25) is 0 Å². The Morgan fingerprint density at radius 3 is 2.48 bits per heavy atom. The van der Waals surface area contributed by atoms with E-state index in [2.05, 4.69) is 28.2 Å². The monoisotopic (exact) mass is 596 g/mol. The molecule has 3 aromatic carbocycles. The van der Waals surface area contributed by atoms with Crippen molar-refractivity contribution in [3.05, 3.63) is 89.7 Å². The number of unbranched alkanes of at least 4 members (excludes halogenated alkanes) is 1. The highest BCUT2D eigenvalue weighted by molar-refractivity contribution is 5.84. The highest BCUT2D eigenvalue weighted by Crippen LogP contribution is 2.26. The van der Waals surface area contributed by atoms with Crippen molar-refractivity contribution in [1.29, 1.82) is 0 Å². The molecule has 1 heterocycles. The van der Waals surface area contributed by atoms with E-state index in [9.17, 15) is 9.59 Å². The van der Waals surface area contributed by atoms with Gasteiger partial charge in [0.15, 0.2) is 0 Å². The first-order chi connectivity index (χ1) is 21.5. The summed E-state index contributed by atoms with van der Waals surface area (Å²) in [5.74, 6) is 1.27. The number of carbonyl (C=O) groups is 2. The van der Waals surface area contributed by atoms with Gasteiger partial charge in [-0.1, -0.05) is 75.1 Å². The number of nitrogens with zero attached hydrogens (tertiary/aromatic N) is 2. The number of aryl methyl sites for hydroxylation is 1. The summed E-state index contributed by atoms with van der Waals surface area (Å²) < 4.78 is 13.7. The van der Waals surface area contributed by atoms with E-state index < -0.39 is 12.1 Å². The fraction of sp³-hybridized carbons (Fsp3) is 0.417. The lowest BCUT2D eigenvalue weighted by atomic mass is 9.95. The molecule has 5 rings (SSSR count). The number of hydrogen-bond acceptors (Lipinski definition) is 6. The first-order valence-electron chi connectivity index (χ1n) is 16.0. The van der Waals surface area contributed by atoms with Gasteiger partial charge in [0.2, 0.25) is 12.0 Å². The number of rotatable bonds is 14. The van der Waals surface area contributed by atoms with Gasteiger partial charge in [-0.25, -0.2) is 9.78 Å². The van der Waals surface area contributed by atoms with E-state index in [1.165, 1.54) is 19.3 Å². The number of carbonyl (C=O) groups excluding carboxylic acids is 2. The van der Waals surface area contributed by atoms with Crippen molar-refractivity contribution in [3.8, 4) is 5.75 Å². The molecular weight excluding hydrogens is 552 g/mol. The van der Waals surface area contributed by atoms with Crippen molar-refractivity contribution in [1.82, 2.24) is 14.9 Å². The molecule has 0 aliphatic heterocycles. The summed E-state index contributed by atoms with van der Waals surface area (Å²) in [7, 11) is 0. The maximum absolute atomic E-state index is 12.7. The number of anilines is 1. The van der Waals surface area contributed by atoms with Crippen LogP contribution < -0.4 is 15.4 Å². The molecule has 1 fully saturated rings. The van der Waals surface area contributed by atoms with E-state index in [1.54, 1.807) is 6.92 Å². The van der Waals surface area contributed by atoms with E-state index in [0.29, 0.717) is 18.3 Å². The Morgan fingerprint density at radius 2 is 1.75 bits per heavy atom. The SMILES string of the molecule is CCCCc1nc2cc(NCC(=O)NC3CCCCC3)ccc2n1Cc1ccc(OC(C(=O)OCC)c2ccccc2)cc1. The molecule has 1 saturated carbocycles. The number of amides is 1. The summed E-state index contributed by atoms with van der Waals surface area (Å²) in [5.41, 5.74) is 4.70. The van der Waals surface area contributed by atoms with Gasteiger partial charge in [-0.15, -0.1) is 0 Å². The summed E-state index contributed by atoms with van der Waals surface area (Å²) in [5, 5.41) is 6.46. The quantitative estimate of drug-likeness (QED) is 0.153. The van der Waals surface area contributed by atoms with Crippen molar-refractivity contribution in [2.75, 3.05) is 18.5 Å². The summed E-state index contributed by atoms with van der Waals surface area (Å²) in [6.45, 7) is 5.17. The molecular formula is C36H44N4O4. The van der Waals surface area contributed by atoms with Crippen LogP contribution in [0.4, 0.5) is 5.69 Å². The summed E-state index contributed by atoms with van der Waals surface area (Å²) >= 11 is 0. The number of esters is 1. The molecule has 1 amide bonds. The second-order valence-electron chi connectivity index (χ2n) is 11.5. The van der Waals surface area contributed by atoms with Crippen LogP contribution in [0.5, 0.6) is 5.75 Å². The largest absolute Gasteiger partial charge is 0.474 e. The number of hydrogen-bond donors (Lipinski definition) is 2. The average Bonchev–Trinajstić information content (AvgIpc) is 3.39. The normalized spacial score (nSPS) is 14.2. The first kappa shape index (κ1) is 31.1. The van der Waals surface area contributed by atoms with Gasteiger partial charge in [-0.2, -0.15) is 0 Å². The zero-order chi connectivity index (χ0) is 30.7. The van der Waals surface area contributed by atoms with E-state index >= 15 is 0 Å². The van der Waals surface area contributed by atoms with Gasteiger partial charge in [0.1, 0.15) is 11.6 Å². The Morgan fingerprint density at radius 1 is 0.977 bits per heavy atom. The van der Waals surface area contributed by atoms with Crippen molar-refractivity contribution in [2.24, 2.45) is 0 Å². The molecule has 2 N–H and O–H groups in total. The van der Waals surface area contributed by atoms with Gasteiger partial charge in [0.05, 0.1) is 24.2 Å². The van der Waals surface area contributed by atoms with E-state index in [1.807, 2.05) is 66.7 Å². The standard InChI is InChI=1S/C36H44N4O4/c1-3-5-16-33-39-31-23-29(37-24-34(41)38-28-14-10-7-11-15-28)19-22-32(31)40(33)25-26-17-20-30(21-18-26)44-35(36(42)43-4-2)27-12-8-6-9-13-27/h6,8-9,12-13,17-23,28,35,37H,3-5,7,10-11,14-16,24-25H2,1-2H3,(H,38,41). The predicted octanol–water partition coefficient (Wildman–Crippen LogP) is 6.97. The van der Waals surface area contributed by atoms with Crippen molar-refractivity contribution in [3.63, 3.8) is 0 Å². The minimum Gasteiger partial charge on any atom is -0.474 e. The average molecular weight is 597 g/mol. The van der Waals surface area contributed by atoms with Crippen molar-refractivity contribution >= 4 is 28.6 Å². The Labute approximate surface area is 260 Å². The molecule has 1 atom stereocenters. The minimum absolute atomic E-state index is 0.0379. The van der Waals surface area contributed by atoms with Crippen LogP contribution in [-0.2, 0) is 27.3 Å². The van der Waals surface area contributed by atoms with Crippen molar-refractivity contribution < 1.29 is 19.1 Å². The van der Waals surface area contributed by atoms with E-state index in [0.717, 1.165) is 65.8 Å². The summed E-state index contributed by atoms with van der Waals surface area (Å²) in [6, 6.07) is 23.7. The molecule has 1 unspecified atom stereocenters. The van der Waals surface area contributed by atoms with Crippen LogP contribution >= 0.6 is 0 Å². The van der Waals surface area contributed by atoms with Crippen LogP contribution in [0, 0.1) is 0 Å². The topological polar surface area (TPSA) is 94.5 Å². The van der Waals surface area contributed by atoms with Gasteiger partial charge in [0, 0.05) is 30.3 Å². The van der Waals surface area contributed by atoms with Gasteiger partial charge in [0.25, 0.3) is 0 Å². The molecule has 8 nitrogen and oxygen atoms in total. The number of benzene rings is 3. The third-order valence-electron chi connectivity index (χ3n) is 8.13. The molecule has 0 saturated heterocycles. The summed E-state index contributed by atoms with van der Waals surface area (Å²) in [6.07, 6.45) is 8.00. The molecule has 8 heteroatoms. The maximum Gasteiger partial charge on any atom is 0.352 e. The molecule has 0 bridgehead atoms. The van der Waals surface area contributed by atoms with Gasteiger partial charge >= 0.3 is 5.97 Å². The van der Waals surface area contributed by atoms with Crippen LogP contribution in [0.25, 0.3) is 11.0 Å². The maximum atomic E-state index is 12.7. The van der Waals surface area contributed by atoms with E-state index in [-0.39, 0.29) is 19.1 Å². The zero-order valence-electron chi connectivity index (χ0n) is 25.9. The third-order valence-corrected chi connectivity index (χ3v) is 8.13. The Hall–Kier alpha value is -4.33. The Balaban J connectivity index is 1.28. The number of ether oxygens (including phenoxy) is 2. The van der Waals surface area contributed by atoms with E-state index in [4.69, 9.17) is 14.5 Å². The lowest BCUT2D eigenvalue weighted by Crippen LogP contribution is -2.39. The predicted molar refractivity (Wildman–Crippen MR) is 174 cm³/mol. The highest BCUT2D eigenvalue weighted by Gasteiger charge is 2.24. The lowest BCUT2D eigenvalue weighted by molar-refractivity contribution is -0.151. The van der Waals surface area contributed by atoms with Crippen LogP contribution in [-0.4, -0.2) is 40.6 Å². The third kappa shape index (κ3) is 8.18. The van der Waals surface area contributed by atoms with Crippen molar-refractivity contribution in [2.45, 2.75) is 83.9 Å². The second kappa shape index (κ2) is 15.4. The molecule has 232 valence electrons. The van der Waals surface area contributed by atoms with Crippen LogP contribution in [0.1, 0.15) is 81.8 Å². The molecule has 4 aromatic rings. The fourth-order valence-electron chi connectivity index (χ4n) is 5.79. The first-order valence-corrected chi connectivity index (χ1v) is 16.0. The molecule has 0 radical (unpaired) electrons. The van der Waals surface area contributed by atoms with Crippen LogP contribution in [0.15, 0.2) is 72.8 Å². The minimum atomic E-state index is -0.832.